The molecule has 1 saturated carbocycles. The lowest BCUT2D eigenvalue weighted by atomic mass is 9.86. The predicted molar refractivity (Wildman–Crippen MR) is 85.8 cm³/mol. The van der Waals surface area contributed by atoms with Gasteiger partial charge in [0, 0.05) is 6.04 Å². The van der Waals surface area contributed by atoms with Crippen molar-refractivity contribution in [3.63, 3.8) is 0 Å². The summed E-state index contributed by atoms with van der Waals surface area (Å²) in [7, 11) is 0. The van der Waals surface area contributed by atoms with Crippen LogP contribution in [0.4, 0.5) is 0 Å². The minimum atomic E-state index is -0.437. The minimum Gasteiger partial charge on any atom is -0.452 e. The van der Waals surface area contributed by atoms with Gasteiger partial charge in [0.25, 0.3) is 5.91 Å². The highest BCUT2D eigenvalue weighted by molar-refractivity contribution is 5.93. The largest absolute Gasteiger partial charge is 0.452 e. The van der Waals surface area contributed by atoms with Crippen molar-refractivity contribution in [2.75, 3.05) is 6.61 Å². The van der Waals surface area contributed by atoms with E-state index in [1.807, 2.05) is 26.0 Å². The molecule has 1 aliphatic carbocycles. The molecule has 0 spiro atoms. The van der Waals surface area contributed by atoms with Crippen LogP contribution in [0.15, 0.2) is 18.2 Å². The molecule has 1 N–H and O–H groups in total. The lowest BCUT2D eigenvalue weighted by molar-refractivity contribution is -0.125. The van der Waals surface area contributed by atoms with Crippen molar-refractivity contribution < 1.29 is 14.3 Å². The van der Waals surface area contributed by atoms with Gasteiger partial charge in [0.2, 0.25) is 0 Å². The number of amides is 1. The van der Waals surface area contributed by atoms with E-state index in [9.17, 15) is 9.59 Å². The van der Waals surface area contributed by atoms with Gasteiger partial charge in [-0.05, 0) is 49.8 Å². The van der Waals surface area contributed by atoms with Crippen molar-refractivity contribution in [3.05, 3.63) is 34.9 Å². The molecule has 4 heteroatoms. The molecule has 4 nitrogen and oxygen atoms in total. The van der Waals surface area contributed by atoms with E-state index in [0.717, 1.165) is 30.4 Å². The van der Waals surface area contributed by atoms with Gasteiger partial charge >= 0.3 is 5.97 Å². The van der Waals surface area contributed by atoms with Crippen molar-refractivity contribution in [1.29, 1.82) is 0 Å². The van der Waals surface area contributed by atoms with E-state index in [0.29, 0.717) is 11.5 Å². The highest BCUT2D eigenvalue weighted by Gasteiger charge is 2.23. The molecule has 1 aromatic rings. The zero-order valence-electron chi connectivity index (χ0n) is 13.6. The van der Waals surface area contributed by atoms with Crippen LogP contribution in [0.2, 0.25) is 0 Å². The average Bonchev–Trinajstić information content (AvgIpc) is 2.50. The molecule has 0 unspecified atom stereocenters. The maximum atomic E-state index is 12.1. The van der Waals surface area contributed by atoms with Gasteiger partial charge in [0.1, 0.15) is 0 Å². The van der Waals surface area contributed by atoms with Crippen molar-refractivity contribution in [2.24, 2.45) is 5.92 Å². The van der Waals surface area contributed by atoms with E-state index in [1.165, 1.54) is 6.42 Å². The second-order valence-corrected chi connectivity index (χ2v) is 6.26. The standard InChI is InChI=1S/C18H25NO3/c1-12-8-6-9-15(14(12)3)18(21)22-11-17(20)19-16-10-5-4-7-13(16)2/h6,8-9,13,16H,4-5,7,10-11H2,1-3H3,(H,19,20)/t13-,16-/m0/s1. The number of carbonyl (C=O) groups excluding carboxylic acids is 2. The molecule has 0 aromatic heterocycles. The quantitative estimate of drug-likeness (QED) is 0.869. The zero-order valence-corrected chi connectivity index (χ0v) is 13.6. The molecule has 0 bridgehead atoms. The van der Waals surface area contributed by atoms with Crippen LogP contribution in [0.5, 0.6) is 0 Å². The Morgan fingerprint density at radius 1 is 1.23 bits per heavy atom. The first-order chi connectivity index (χ1) is 10.5. The first-order valence-corrected chi connectivity index (χ1v) is 8.01. The van der Waals surface area contributed by atoms with Gasteiger partial charge < -0.3 is 10.1 Å². The van der Waals surface area contributed by atoms with Crippen LogP contribution in [0, 0.1) is 19.8 Å². The Balaban J connectivity index is 1.85. The van der Waals surface area contributed by atoms with Crippen molar-refractivity contribution in [1.82, 2.24) is 5.32 Å². The topological polar surface area (TPSA) is 55.4 Å². The Kier molecular flexibility index (Phi) is 5.58. The molecule has 1 amide bonds. The molecule has 0 aliphatic heterocycles. The van der Waals surface area contributed by atoms with E-state index < -0.39 is 5.97 Å². The lowest BCUT2D eigenvalue weighted by Crippen LogP contribution is -2.42. The summed E-state index contributed by atoms with van der Waals surface area (Å²) in [5.74, 6) is -0.155. The number of benzene rings is 1. The van der Waals surface area contributed by atoms with E-state index in [-0.39, 0.29) is 18.6 Å². The van der Waals surface area contributed by atoms with E-state index in [1.54, 1.807) is 6.07 Å². The molecular weight excluding hydrogens is 278 g/mol. The van der Waals surface area contributed by atoms with Crippen LogP contribution in [-0.4, -0.2) is 24.5 Å². The molecule has 2 atom stereocenters. The van der Waals surface area contributed by atoms with Gasteiger partial charge in [-0.25, -0.2) is 4.79 Å². The Hall–Kier alpha value is -1.84. The minimum absolute atomic E-state index is 0.209. The first-order valence-electron chi connectivity index (χ1n) is 8.01. The monoisotopic (exact) mass is 303 g/mol. The van der Waals surface area contributed by atoms with Crippen LogP contribution < -0.4 is 5.32 Å². The highest BCUT2D eigenvalue weighted by Crippen LogP contribution is 2.23. The molecule has 2 rings (SSSR count). The van der Waals surface area contributed by atoms with Gasteiger partial charge in [0.15, 0.2) is 6.61 Å². The number of rotatable bonds is 4. The summed E-state index contributed by atoms with van der Waals surface area (Å²) >= 11 is 0. The second kappa shape index (κ2) is 7.43. The van der Waals surface area contributed by atoms with E-state index in [4.69, 9.17) is 4.74 Å². The van der Waals surface area contributed by atoms with Crippen LogP contribution in [0.25, 0.3) is 0 Å². The molecule has 1 aromatic carbocycles. The smallest absolute Gasteiger partial charge is 0.338 e. The third-order valence-corrected chi connectivity index (χ3v) is 4.62. The average molecular weight is 303 g/mol. The Bertz CT molecular complexity index is 553. The molecule has 1 aliphatic rings. The summed E-state index contributed by atoms with van der Waals surface area (Å²) in [6, 6.07) is 5.71. The molecule has 120 valence electrons. The number of aryl methyl sites for hydroxylation is 1. The maximum absolute atomic E-state index is 12.1. The molecular formula is C18H25NO3. The predicted octanol–water partition coefficient (Wildman–Crippen LogP) is 3.16. The molecule has 0 saturated heterocycles. The highest BCUT2D eigenvalue weighted by atomic mass is 16.5. The van der Waals surface area contributed by atoms with Gasteiger partial charge in [0.05, 0.1) is 5.56 Å². The molecule has 1 fully saturated rings. The summed E-state index contributed by atoms with van der Waals surface area (Å²) in [4.78, 5) is 24.0. The van der Waals surface area contributed by atoms with Gasteiger partial charge in [-0.3, -0.25) is 4.79 Å². The van der Waals surface area contributed by atoms with Crippen molar-refractivity contribution >= 4 is 11.9 Å². The van der Waals surface area contributed by atoms with Crippen LogP contribution in [-0.2, 0) is 9.53 Å². The van der Waals surface area contributed by atoms with E-state index in [2.05, 4.69) is 12.2 Å². The summed E-state index contributed by atoms with van der Waals surface area (Å²) in [5.41, 5.74) is 2.46. The molecule has 0 radical (unpaired) electrons. The van der Waals surface area contributed by atoms with Gasteiger partial charge in [-0.1, -0.05) is 31.9 Å². The SMILES string of the molecule is Cc1cccc(C(=O)OCC(=O)N[C@H]2CCCC[C@@H]2C)c1C. The van der Waals surface area contributed by atoms with Gasteiger partial charge in [-0.15, -0.1) is 0 Å². The number of nitrogens with one attached hydrogen (secondary N) is 1. The fourth-order valence-corrected chi connectivity index (χ4v) is 2.96. The number of hydrogen-bond acceptors (Lipinski definition) is 3. The number of hydrogen-bond donors (Lipinski definition) is 1. The van der Waals surface area contributed by atoms with Crippen molar-refractivity contribution in [3.8, 4) is 0 Å². The van der Waals surface area contributed by atoms with E-state index >= 15 is 0 Å². The second-order valence-electron chi connectivity index (χ2n) is 6.26. The maximum Gasteiger partial charge on any atom is 0.338 e. The Labute approximate surface area is 132 Å². The Morgan fingerprint density at radius 3 is 2.68 bits per heavy atom. The fourth-order valence-electron chi connectivity index (χ4n) is 2.96. The summed E-state index contributed by atoms with van der Waals surface area (Å²) in [6.45, 7) is 5.78. The fraction of sp³-hybridized carbons (Fsp3) is 0.556. The van der Waals surface area contributed by atoms with Crippen LogP contribution in [0.1, 0.15) is 54.1 Å². The summed E-state index contributed by atoms with van der Waals surface area (Å²) < 4.78 is 5.15. The lowest BCUT2D eigenvalue weighted by Gasteiger charge is -2.29. The number of esters is 1. The normalized spacial score (nSPS) is 21.2. The van der Waals surface area contributed by atoms with Crippen LogP contribution >= 0.6 is 0 Å². The van der Waals surface area contributed by atoms with Gasteiger partial charge in [-0.2, -0.15) is 0 Å². The first kappa shape index (κ1) is 16.5. The molecule has 0 heterocycles. The third-order valence-electron chi connectivity index (χ3n) is 4.62. The van der Waals surface area contributed by atoms with Crippen LogP contribution in [0.3, 0.4) is 0 Å². The summed E-state index contributed by atoms with van der Waals surface area (Å²) in [6.07, 6.45) is 4.54. The summed E-state index contributed by atoms with van der Waals surface area (Å²) in [5, 5.41) is 2.99. The Morgan fingerprint density at radius 2 is 1.95 bits per heavy atom. The molecule has 22 heavy (non-hydrogen) atoms. The number of ether oxygens (including phenoxy) is 1. The number of carbonyl (C=O) groups is 2. The van der Waals surface area contributed by atoms with Crippen molar-refractivity contribution in [2.45, 2.75) is 52.5 Å². The zero-order chi connectivity index (χ0) is 16.1. The third kappa shape index (κ3) is 4.09.